The second-order valence-electron chi connectivity index (χ2n) is 3.94. The van der Waals surface area contributed by atoms with Crippen LogP contribution in [0.15, 0.2) is 0 Å². The predicted octanol–water partition coefficient (Wildman–Crippen LogP) is 0.566. The van der Waals surface area contributed by atoms with Crippen LogP contribution in [0.1, 0.15) is 19.3 Å². The molecule has 1 rings (SSSR count). The fourth-order valence-corrected chi connectivity index (χ4v) is 1.81. The molecule has 3 N–H and O–H groups in total. The van der Waals surface area contributed by atoms with Crippen LogP contribution in [-0.4, -0.2) is 24.5 Å². The largest absolute Gasteiger partial charge is 0.405 e. The molecule has 1 saturated carbocycles. The molecule has 0 spiro atoms. The second kappa shape index (κ2) is 4.71. The molecule has 1 aliphatic carbocycles. The summed E-state index contributed by atoms with van der Waals surface area (Å²) >= 11 is 0. The average molecular weight is 238 g/mol. The third-order valence-electron chi connectivity index (χ3n) is 2.67. The van der Waals surface area contributed by atoms with E-state index in [2.05, 4.69) is 0 Å². The fraction of sp³-hybridized carbons (Fsp3) is 0.778. The number of halogens is 3. The van der Waals surface area contributed by atoms with Crippen molar-refractivity contribution in [3.8, 4) is 0 Å². The molecule has 1 aliphatic rings. The van der Waals surface area contributed by atoms with E-state index < -0.39 is 30.5 Å². The van der Waals surface area contributed by atoms with Gasteiger partial charge in [-0.25, -0.2) is 0 Å². The molecule has 16 heavy (non-hydrogen) atoms. The zero-order chi connectivity index (χ0) is 12.3. The summed E-state index contributed by atoms with van der Waals surface area (Å²) in [5, 5.41) is 1.81. The Labute approximate surface area is 90.4 Å². The smallest absolute Gasteiger partial charge is 0.369 e. The Morgan fingerprint density at radius 1 is 1.25 bits per heavy atom. The van der Waals surface area contributed by atoms with E-state index in [0.717, 1.165) is 0 Å². The molecule has 0 aromatic rings. The van der Waals surface area contributed by atoms with Crippen LogP contribution in [-0.2, 0) is 9.59 Å². The zero-order valence-corrected chi connectivity index (χ0v) is 8.51. The Kier molecular flexibility index (Phi) is 3.77. The first-order valence-electron chi connectivity index (χ1n) is 4.93. The van der Waals surface area contributed by atoms with E-state index in [-0.39, 0.29) is 12.3 Å². The Hall–Kier alpha value is -1.27. The molecule has 7 heteroatoms. The van der Waals surface area contributed by atoms with E-state index in [4.69, 9.17) is 5.73 Å². The van der Waals surface area contributed by atoms with Gasteiger partial charge in [0.2, 0.25) is 11.8 Å². The van der Waals surface area contributed by atoms with Gasteiger partial charge in [-0.05, 0) is 19.3 Å². The highest BCUT2D eigenvalue weighted by atomic mass is 19.4. The minimum Gasteiger partial charge on any atom is -0.369 e. The summed E-state index contributed by atoms with van der Waals surface area (Å²) in [7, 11) is 0. The maximum Gasteiger partial charge on any atom is 0.405 e. The summed E-state index contributed by atoms with van der Waals surface area (Å²) in [4.78, 5) is 22.1. The summed E-state index contributed by atoms with van der Waals surface area (Å²) in [6.45, 7) is -1.33. The summed E-state index contributed by atoms with van der Waals surface area (Å²) in [6.07, 6.45) is -3.27. The van der Waals surface area contributed by atoms with Gasteiger partial charge in [0.05, 0.1) is 0 Å². The van der Waals surface area contributed by atoms with Crippen LogP contribution in [0.3, 0.4) is 0 Å². The Balaban J connectivity index is 2.37. The molecule has 1 fully saturated rings. The van der Waals surface area contributed by atoms with Crippen LogP contribution < -0.4 is 11.1 Å². The minimum atomic E-state index is -4.41. The van der Waals surface area contributed by atoms with Gasteiger partial charge in [-0.1, -0.05) is 0 Å². The van der Waals surface area contributed by atoms with Crippen molar-refractivity contribution in [1.82, 2.24) is 5.32 Å². The normalized spacial score (nSPS) is 25.4. The first-order chi connectivity index (χ1) is 7.29. The van der Waals surface area contributed by atoms with Gasteiger partial charge in [0, 0.05) is 11.8 Å². The molecule has 2 unspecified atom stereocenters. The number of amides is 2. The Morgan fingerprint density at radius 2 is 1.81 bits per heavy atom. The van der Waals surface area contributed by atoms with E-state index in [0.29, 0.717) is 12.8 Å². The highest BCUT2D eigenvalue weighted by molar-refractivity contribution is 5.82. The van der Waals surface area contributed by atoms with Gasteiger partial charge in [-0.15, -0.1) is 0 Å². The van der Waals surface area contributed by atoms with Crippen LogP contribution in [0.25, 0.3) is 0 Å². The molecular formula is C9H13F3N2O2. The number of primary amides is 1. The molecule has 0 aromatic carbocycles. The molecule has 0 radical (unpaired) electrons. The first kappa shape index (κ1) is 12.8. The van der Waals surface area contributed by atoms with E-state index in [1.165, 1.54) is 0 Å². The SMILES string of the molecule is NC(=O)C1CCC(C(=O)NCC(F)(F)F)C1. The van der Waals surface area contributed by atoms with Crippen molar-refractivity contribution in [3.05, 3.63) is 0 Å². The van der Waals surface area contributed by atoms with Crippen molar-refractivity contribution in [2.45, 2.75) is 25.4 Å². The lowest BCUT2D eigenvalue weighted by atomic mass is 10.0. The highest BCUT2D eigenvalue weighted by Gasteiger charge is 2.34. The molecule has 0 aromatic heterocycles. The monoisotopic (exact) mass is 238 g/mol. The maximum atomic E-state index is 11.8. The fourth-order valence-electron chi connectivity index (χ4n) is 1.81. The van der Waals surface area contributed by atoms with Crippen LogP contribution in [0.4, 0.5) is 13.2 Å². The molecule has 4 nitrogen and oxygen atoms in total. The Bertz CT molecular complexity index is 291. The van der Waals surface area contributed by atoms with Crippen molar-refractivity contribution in [3.63, 3.8) is 0 Å². The third-order valence-corrected chi connectivity index (χ3v) is 2.67. The van der Waals surface area contributed by atoms with Crippen LogP contribution in [0.5, 0.6) is 0 Å². The molecule has 0 aliphatic heterocycles. The minimum absolute atomic E-state index is 0.249. The van der Waals surface area contributed by atoms with Gasteiger partial charge >= 0.3 is 6.18 Å². The number of carbonyl (C=O) groups excluding carboxylic acids is 2. The van der Waals surface area contributed by atoms with Gasteiger partial charge in [-0.3, -0.25) is 9.59 Å². The van der Waals surface area contributed by atoms with Gasteiger partial charge in [0.1, 0.15) is 6.54 Å². The lowest BCUT2D eigenvalue weighted by Crippen LogP contribution is -2.37. The number of hydrogen-bond acceptors (Lipinski definition) is 2. The number of hydrogen-bond donors (Lipinski definition) is 2. The molecule has 0 saturated heterocycles. The van der Waals surface area contributed by atoms with Crippen molar-refractivity contribution < 1.29 is 22.8 Å². The molecule has 2 atom stereocenters. The van der Waals surface area contributed by atoms with Crippen molar-refractivity contribution >= 4 is 11.8 Å². The molecule has 0 bridgehead atoms. The van der Waals surface area contributed by atoms with Crippen molar-refractivity contribution in [2.24, 2.45) is 17.6 Å². The van der Waals surface area contributed by atoms with Crippen molar-refractivity contribution in [1.29, 1.82) is 0 Å². The number of carbonyl (C=O) groups is 2. The average Bonchev–Trinajstić information content (AvgIpc) is 2.61. The van der Waals surface area contributed by atoms with Gasteiger partial charge in [-0.2, -0.15) is 13.2 Å². The van der Waals surface area contributed by atoms with E-state index >= 15 is 0 Å². The maximum absolute atomic E-state index is 11.8. The van der Waals surface area contributed by atoms with Gasteiger partial charge in [0.25, 0.3) is 0 Å². The standard InChI is InChI=1S/C9H13F3N2O2/c10-9(11,12)4-14-8(16)6-2-1-5(3-6)7(13)15/h5-6H,1-4H2,(H2,13,15)(H,14,16). The zero-order valence-electron chi connectivity index (χ0n) is 8.51. The molecule has 92 valence electrons. The summed E-state index contributed by atoms with van der Waals surface area (Å²) in [5.74, 6) is -2.06. The number of rotatable bonds is 3. The summed E-state index contributed by atoms with van der Waals surface area (Å²) in [5.41, 5.74) is 5.05. The van der Waals surface area contributed by atoms with Gasteiger partial charge in [0.15, 0.2) is 0 Å². The van der Waals surface area contributed by atoms with E-state index in [9.17, 15) is 22.8 Å². The van der Waals surface area contributed by atoms with Crippen LogP contribution in [0, 0.1) is 11.8 Å². The van der Waals surface area contributed by atoms with Gasteiger partial charge < -0.3 is 11.1 Å². The highest BCUT2D eigenvalue weighted by Crippen LogP contribution is 2.30. The van der Waals surface area contributed by atoms with Crippen molar-refractivity contribution in [2.75, 3.05) is 6.54 Å². The number of nitrogens with two attached hydrogens (primary N) is 1. The lowest BCUT2D eigenvalue weighted by molar-refractivity contribution is -0.140. The predicted molar refractivity (Wildman–Crippen MR) is 49.1 cm³/mol. The first-order valence-corrected chi connectivity index (χ1v) is 4.93. The van der Waals surface area contributed by atoms with E-state index in [1.807, 2.05) is 5.32 Å². The third kappa shape index (κ3) is 3.71. The number of nitrogens with one attached hydrogen (secondary N) is 1. The van der Waals surface area contributed by atoms with Crippen LogP contribution >= 0.6 is 0 Å². The van der Waals surface area contributed by atoms with Crippen LogP contribution in [0.2, 0.25) is 0 Å². The topological polar surface area (TPSA) is 72.2 Å². The van der Waals surface area contributed by atoms with E-state index in [1.54, 1.807) is 0 Å². The number of alkyl halides is 3. The molecule has 2 amide bonds. The summed E-state index contributed by atoms with van der Waals surface area (Å²) < 4.78 is 35.5. The second-order valence-corrected chi connectivity index (χ2v) is 3.94. The lowest BCUT2D eigenvalue weighted by Gasteiger charge is -2.12. The molecular weight excluding hydrogens is 225 g/mol. The summed E-state index contributed by atoms with van der Waals surface area (Å²) in [6, 6.07) is 0. The quantitative estimate of drug-likeness (QED) is 0.754. The Morgan fingerprint density at radius 3 is 2.25 bits per heavy atom. The molecule has 0 heterocycles.